The number of amides is 1. The maximum Gasteiger partial charge on any atom is 0.225 e. The van der Waals surface area contributed by atoms with Crippen molar-refractivity contribution in [2.45, 2.75) is 20.8 Å². The van der Waals surface area contributed by atoms with E-state index in [1.165, 1.54) is 6.07 Å². The first kappa shape index (κ1) is 16.7. The number of hydrogen-bond donors (Lipinski definition) is 1. The van der Waals surface area contributed by atoms with Crippen molar-refractivity contribution in [2.24, 2.45) is 5.41 Å². The number of anilines is 1. The first-order valence-corrected chi connectivity index (χ1v) is 7.88. The van der Waals surface area contributed by atoms with Crippen molar-refractivity contribution in [1.82, 2.24) is 10.2 Å². The minimum Gasteiger partial charge on any atom is -0.367 e. The van der Waals surface area contributed by atoms with Gasteiger partial charge in [0, 0.05) is 44.7 Å². The van der Waals surface area contributed by atoms with Crippen molar-refractivity contribution in [2.75, 3.05) is 44.2 Å². The zero-order valence-electron chi connectivity index (χ0n) is 13.7. The van der Waals surface area contributed by atoms with E-state index in [2.05, 4.69) is 15.1 Å². The lowest BCUT2D eigenvalue weighted by atomic mass is 9.96. The Kier molecular flexibility index (Phi) is 5.40. The third kappa shape index (κ3) is 4.44. The van der Waals surface area contributed by atoms with Crippen LogP contribution in [0.3, 0.4) is 0 Å². The van der Waals surface area contributed by atoms with Crippen molar-refractivity contribution in [3.8, 4) is 0 Å². The zero-order chi connectivity index (χ0) is 16.2. The summed E-state index contributed by atoms with van der Waals surface area (Å²) in [6.07, 6.45) is 0. The number of nitrogens with one attached hydrogen (secondary N) is 1. The molecule has 1 fully saturated rings. The van der Waals surface area contributed by atoms with Crippen LogP contribution in [0, 0.1) is 11.2 Å². The van der Waals surface area contributed by atoms with E-state index >= 15 is 0 Å². The molecule has 0 saturated carbocycles. The maximum atomic E-state index is 13.8. The summed E-state index contributed by atoms with van der Waals surface area (Å²) < 4.78 is 13.8. The normalized spacial score (nSPS) is 16.6. The molecule has 5 heteroatoms. The van der Waals surface area contributed by atoms with Gasteiger partial charge in [0.2, 0.25) is 5.91 Å². The van der Waals surface area contributed by atoms with Crippen molar-refractivity contribution in [1.29, 1.82) is 0 Å². The van der Waals surface area contributed by atoms with Gasteiger partial charge in [0.15, 0.2) is 0 Å². The lowest BCUT2D eigenvalue weighted by Gasteiger charge is -2.36. The molecule has 1 aromatic rings. The van der Waals surface area contributed by atoms with E-state index in [4.69, 9.17) is 0 Å². The fraction of sp³-hybridized carbons (Fsp3) is 0.588. The molecule has 0 radical (unpaired) electrons. The molecule has 2 rings (SSSR count). The standard InChI is InChI=1S/C17H26FN3O/c1-17(2,3)16(22)19-8-9-20-10-12-21(13-11-20)15-7-5-4-6-14(15)18/h4-7H,8-13H2,1-3H3,(H,19,22). The highest BCUT2D eigenvalue weighted by Gasteiger charge is 2.22. The van der Waals surface area contributed by atoms with Gasteiger partial charge in [0.1, 0.15) is 5.82 Å². The molecular formula is C17H26FN3O. The van der Waals surface area contributed by atoms with Crippen LogP contribution in [0.25, 0.3) is 0 Å². The fourth-order valence-electron chi connectivity index (χ4n) is 2.51. The van der Waals surface area contributed by atoms with Crippen molar-refractivity contribution >= 4 is 11.6 Å². The van der Waals surface area contributed by atoms with E-state index in [9.17, 15) is 9.18 Å². The summed E-state index contributed by atoms with van der Waals surface area (Å²) in [6.45, 7) is 10.6. The van der Waals surface area contributed by atoms with Crippen molar-refractivity contribution in [3.05, 3.63) is 30.1 Å². The fourth-order valence-corrected chi connectivity index (χ4v) is 2.51. The zero-order valence-corrected chi connectivity index (χ0v) is 13.7. The Morgan fingerprint density at radius 3 is 2.41 bits per heavy atom. The predicted octanol–water partition coefficient (Wildman–Crippen LogP) is 2.11. The Balaban J connectivity index is 1.74. The van der Waals surface area contributed by atoms with E-state index in [1.54, 1.807) is 6.07 Å². The van der Waals surface area contributed by atoms with Gasteiger partial charge in [-0.05, 0) is 12.1 Å². The monoisotopic (exact) mass is 307 g/mol. The summed E-state index contributed by atoms with van der Waals surface area (Å²) in [5.41, 5.74) is 0.340. The smallest absolute Gasteiger partial charge is 0.225 e. The number of nitrogens with zero attached hydrogens (tertiary/aromatic N) is 2. The van der Waals surface area contributed by atoms with Gasteiger partial charge in [0.25, 0.3) is 0 Å². The van der Waals surface area contributed by atoms with Gasteiger partial charge in [-0.15, -0.1) is 0 Å². The Hall–Kier alpha value is -1.62. The molecule has 4 nitrogen and oxygen atoms in total. The number of hydrogen-bond acceptors (Lipinski definition) is 3. The Morgan fingerprint density at radius 1 is 1.18 bits per heavy atom. The minimum absolute atomic E-state index is 0.0810. The van der Waals surface area contributed by atoms with E-state index in [0.29, 0.717) is 12.2 Å². The third-order valence-electron chi connectivity index (χ3n) is 3.96. The lowest BCUT2D eigenvalue weighted by Crippen LogP contribution is -2.49. The van der Waals surface area contributed by atoms with Gasteiger partial charge in [-0.25, -0.2) is 4.39 Å². The molecule has 0 spiro atoms. The quantitative estimate of drug-likeness (QED) is 0.925. The molecule has 0 unspecified atom stereocenters. The highest BCUT2D eigenvalue weighted by Crippen LogP contribution is 2.20. The molecule has 1 heterocycles. The third-order valence-corrected chi connectivity index (χ3v) is 3.96. The van der Waals surface area contributed by atoms with Crippen molar-refractivity contribution < 1.29 is 9.18 Å². The summed E-state index contributed by atoms with van der Waals surface area (Å²) >= 11 is 0. The van der Waals surface area contributed by atoms with Gasteiger partial charge in [-0.2, -0.15) is 0 Å². The van der Waals surface area contributed by atoms with E-state index in [0.717, 1.165) is 32.7 Å². The van der Waals surface area contributed by atoms with Gasteiger partial charge in [0.05, 0.1) is 5.69 Å². The van der Waals surface area contributed by atoms with E-state index in [-0.39, 0.29) is 17.1 Å². The van der Waals surface area contributed by atoms with E-state index in [1.807, 2.05) is 32.9 Å². The molecule has 1 aliphatic rings. The highest BCUT2D eigenvalue weighted by atomic mass is 19.1. The van der Waals surface area contributed by atoms with Crippen LogP contribution >= 0.6 is 0 Å². The number of carbonyl (C=O) groups excluding carboxylic acids is 1. The number of benzene rings is 1. The van der Waals surface area contributed by atoms with Crippen molar-refractivity contribution in [3.63, 3.8) is 0 Å². The van der Waals surface area contributed by atoms with Crippen LogP contribution in [0.15, 0.2) is 24.3 Å². The highest BCUT2D eigenvalue weighted by molar-refractivity contribution is 5.81. The molecule has 122 valence electrons. The molecule has 1 N–H and O–H groups in total. The second kappa shape index (κ2) is 7.09. The largest absolute Gasteiger partial charge is 0.367 e. The summed E-state index contributed by atoms with van der Waals surface area (Å²) in [5, 5.41) is 2.97. The average Bonchev–Trinajstić information content (AvgIpc) is 2.47. The summed E-state index contributed by atoms with van der Waals surface area (Å²) in [6, 6.07) is 6.91. The first-order valence-electron chi connectivity index (χ1n) is 7.88. The summed E-state index contributed by atoms with van der Waals surface area (Å²) in [7, 11) is 0. The van der Waals surface area contributed by atoms with Gasteiger partial charge >= 0.3 is 0 Å². The van der Waals surface area contributed by atoms with Crippen LogP contribution in [0.2, 0.25) is 0 Å². The second-order valence-corrected chi connectivity index (χ2v) is 6.79. The molecule has 0 aromatic heterocycles. The maximum absolute atomic E-state index is 13.8. The number of halogens is 1. The predicted molar refractivity (Wildman–Crippen MR) is 87.5 cm³/mol. The Bertz CT molecular complexity index is 505. The van der Waals surface area contributed by atoms with Crippen LogP contribution in [-0.2, 0) is 4.79 Å². The van der Waals surface area contributed by atoms with Crippen LogP contribution in [0.4, 0.5) is 10.1 Å². The Morgan fingerprint density at radius 2 is 1.82 bits per heavy atom. The SMILES string of the molecule is CC(C)(C)C(=O)NCCN1CCN(c2ccccc2F)CC1. The van der Waals surface area contributed by atoms with Crippen LogP contribution in [0.1, 0.15) is 20.8 Å². The molecule has 1 saturated heterocycles. The molecule has 1 amide bonds. The number of para-hydroxylation sites is 1. The molecular weight excluding hydrogens is 281 g/mol. The van der Waals surface area contributed by atoms with Gasteiger partial charge in [-0.1, -0.05) is 32.9 Å². The topological polar surface area (TPSA) is 35.6 Å². The van der Waals surface area contributed by atoms with Gasteiger partial charge in [-0.3, -0.25) is 9.69 Å². The number of carbonyl (C=O) groups is 1. The number of rotatable bonds is 4. The number of piperazine rings is 1. The molecule has 1 aromatic carbocycles. The van der Waals surface area contributed by atoms with Crippen LogP contribution in [0.5, 0.6) is 0 Å². The van der Waals surface area contributed by atoms with Crippen LogP contribution in [-0.4, -0.2) is 50.1 Å². The van der Waals surface area contributed by atoms with E-state index < -0.39 is 0 Å². The first-order chi connectivity index (χ1) is 10.4. The minimum atomic E-state index is -0.344. The molecule has 1 aliphatic heterocycles. The molecule has 0 aliphatic carbocycles. The Labute approximate surface area is 132 Å². The average molecular weight is 307 g/mol. The lowest BCUT2D eigenvalue weighted by molar-refractivity contribution is -0.128. The molecule has 0 atom stereocenters. The molecule has 0 bridgehead atoms. The summed E-state index contributed by atoms with van der Waals surface area (Å²) in [4.78, 5) is 16.2. The van der Waals surface area contributed by atoms with Gasteiger partial charge < -0.3 is 10.2 Å². The summed E-state index contributed by atoms with van der Waals surface area (Å²) in [5.74, 6) is -0.0779. The van der Waals surface area contributed by atoms with Crippen LogP contribution < -0.4 is 10.2 Å². The second-order valence-electron chi connectivity index (χ2n) is 6.79. The molecule has 22 heavy (non-hydrogen) atoms.